The molecule has 3 nitrogen and oxygen atoms in total. The monoisotopic (exact) mass is 374 g/mol. The van der Waals surface area contributed by atoms with Crippen molar-refractivity contribution in [2.75, 3.05) is 13.1 Å². The lowest BCUT2D eigenvalue weighted by molar-refractivity contribution is -0.137. The lowest BCUT2D eigenvalue weighted by Gasteiger charge is -2.22. The third kappa shape index (κ3) is 6.70. The maximum atomic E-state index is 12.7. The Balaban J connectivity index is 1.93. The second-order valence-corrected chi connectivity index (χ2v) is 5.95. The van der Waals surface area contributed by atoms with Gasteiger partial charge in [-0.05, 0) is 30.2 Å². The van der Waals surface area contributed by atoms with Crippen LogP contribution in [0.25, 0.3) is 0 Å². The maximum absolute atomic E-state index is 12.7. The summed E-state index contributed by atoms with van der Waals surface area (Å²) in [5.74, 6) is 5.35. The van der Waals surface area contributed by atoms with Crippen LogP contribution in [-0.2, 0) is 12.7 Å². The van der Waals surface area contributed by atoms with Gasteiger partial charge >= 0.3 is 12.2 Å². The van der Waals surface area contributed by atoms with Crippen LogP contribution in [0.2, 0.25) is 0 Å². The van der Waals surface area contributed by atoms with Crippen LogP contribution in [0.15, 0.2) is 54.6 Å². The average Bonchev–Trinajstić information content (AvgIpc) is 2.65. The maximum Gasteiger partial charge on any atom is 0.416 e. The zero-order chi connectivity index (χ0) is 19.7. The second-order valence-electron chi connectivity index (χ2n) is 5.95. The molecule has 0 aliphatic carbocycles. The van der Waals surface area contributed by atoms with Crippen LogP contribution in [0.4, 0.5) is 18.0 Å². The van der Waals surface area contributed by atoms with Gasteiger partial charge in [0.15, 0.2) is 0 Å². The Bertz CT molecular complexity index is 807. The van der Waals surface area contributed by atoms with E-state index >= 15 is 0 Å². The van der Waals surface area contributed by atoms with Crippen molar-refractivity contribution in [3.05, 3.63) is 71.3 Å². The number of carbonyl (C=O) groups excluding carboxylic acids is 1. The van der Waals surface area contributed by atoms with Crippen LogP contribution in [-0.4, -0.2) is 24.0 Å². The van der Waals surface area contributed by atoms with Crippen molar-refractivity contribution >= 4 is 6.03 Å². The van der Waals surface area contributed by atoms with E-state index in [1.54, 1.807) is 4.90 Å². The summed E-state index contributed by atoms with van der Waals surface area (Å²) in [7, 11) is 0. The van der Waals surface area contributed by atoms with Crippen molar-refractivity contribution in [1.82, 2.24) is 10.2 Å². The third-order valence-corrected chi connectivity index (χ3v) is 3.75. The minimum Gasteiger partial charge on any atom is -0.327 e. The van der Waals surface area contributed by atoms with E-state index in [0.717, 1.165) is 24.1 Å². The van der Waals surface area contributed by atoms with E-state index in [4.69, 9.17) is 0 Å². The Morgan fingerprint density at radius 1 is 1.11 bits per heavy atom. The average molecular weight is 374 g/mol. The van der Waals surface area contributed by atoms with Gasteiger partial charge in [0.1, 0.15) is 0 Å². The number of amides is 2. The first-order valence-corrected chi connectivity index (χ1v) is 8.63. The Morgan fingerprint density at radius 3 is 2.52 bits per heavy atom. The molecule has 0 heterocycles. The number of urea groups is 1. The molecular formula is C21H21F3N2O. The lowest BCUT2D eigenvalue weighted by Crippen LogP contribution is -2.40. The molecular weight excluding hydrogens is 353 g/mol. The van der Waals surface area contributed by atoms with Gasteiger partial charge in [0, 0.05) is 18.7 Å². The molecule has 1 N–H and O–H groups in total. The number of alkyl halides is 3. The van der Waals surface area contributed by atoms with Gasteiger partial charge in [0.2, 0.25) is 0 Å². The normalized spacial score (nSPS) is 10.7. The summed E-state index contributed by atoms with van der Waals surface area (Å²) in [4.78, 5) is 14.0. The van der Waals surface area contributed by atoms with Crippen LogP contribution >= 0.6 is 0 Å². The van der Waals surface area contributed by atoms with Crippen LogP contribution < -0.4 is 5.32 Å². The molecule has 0 fully saturated rings. The number of hydrogen-bond acceptors (Lipinski definition) is 1. The smallest absolute Gasteiger partial charge is 0.327 e. The molecule has 2 amide bonds. The number of halogens is 3. The van der Waals surface area contributed by atoms with Crippen molar-refractivity contribution in [2.45, 2.75) is 26.1 Å². The van der Waals surface area contributed by atoms with Gasteiger partial charge in [-0.2, -0.15) is 13.2 Å². The number of rotatable bonds is 5. The van der Waals surface area contributed by atoms with Gasteiger partial charge in [0.05, 0.1) is 12.1 Å². The zero-order valence-electron chi connectivity index (χ0n) is 15.0. The quantitative estimate of drug-likeness (QED) is 0.758. The summed E-state index contributed by atoms with van der Waals surface area (Å²) in [5.41, 5.74) is 0.542. The third-order valence-electron chi connectivity index (χ3n) is 3.75. The van der Waals surface area contributed by atoms with Crippen molar-refractivity contribution in [1.29, 1.82) is 0 Å². The molecule has 142 valence electrons. The van der Waals surface area contributed by atoms with Crippen molar-refractivity contribution in [3.8, 4) is 11.8 Å². The Labute approximate surface area is 157 Å². The summed E-state index contributed by atoms with van der Waals surface area (Å²) in [6.45, 7) is 3.13. The molecule has 0 aliphatic heterocycles. The van der Waals surface area contributed by atoms with Gasteiger partial charge in [-0.25, -0.2) is 4.79 Å². The fourth-order valence-electron chi connectivity index (χ4n) is 2.48. The molecule has 2 rings (SSSR count). The fraction of sp³-hybridized carbons (Fsp3) is 0.286. The number of nitrogens with one attached hydrogen (secondary N) is 1. The number of hydrogen-bond donors (Lipinski definition) is 1. The zero-order valence-corrected chi connectivity index (χ0v) is 15.0. The summed E-state index contributed by atoms with van der Waals surface area (Å²) < 4.78 is 38.1. The highest BCUT2D eigenvalue weighted by atomic mass is 19.4. The minimum absolute atomic E-state index is 0.0596. The largest absolute Gasteiger partial charge is 0.416 e. The molecule has 0 spiro atoms. The highest BCUT2D eigenvalue weighted by Crippen LogP contribution is 2.29. The Morgan fingerprint density at radius 2 is 1.85 bits per heavy atom. The molecule has 0 bridgehead atoms. The molecule has 6 heteroatoms. The topological polar surface area (TPSA) is 32.3 Å². The van der Waals surface area contributed by atoms with Gasteiger partial charge in [-0.3, -0.25) is 0 Å². The van der Waals surface area contributed by atoms with E-state index in [-0.39, 0.29) is 18.1 Å². The van der Waals surface area contributed by atoms with E-state index in [1.165, 1.54) is 12.1 Å². The SMILES string of the molecule is CCCN(Cc1ccccc1)C(=O)NCC#Cc1cccc(C(F)(F)F)c1. The first-order valence-electron chi connectivity index (χ1n) is 8.63. The first-order chi connectivity index (χ1) is 12.9. The molecule has 0 aromatic heterocycles. The summed E-state index contributed by atoms with van der Waals surface area (Å²) in [6.07, 6.45) is -3.58. The molecule has 0 radical (unpaired) electrons. The first kappa shape index (κ1) is 20.4. The standard InChI is InChI=1S/C21H21F3N2O/c1-2-14-26(16-18-8-4-3-5-9-18)20(27)25-13-7-11-17-10-6-12-19(15-17)21(22,23)24/h3-6,8-10,12,15H,2,13-14,16H2,1H3,(H,25,27). The van der Waals surface area contributed by atoms with E-state index in [1.807, 2.05) is 37.3 Å². The Kier molecular flexibility index (Phi) is 7.30. The van der Waals surface area contributed by atoms with Crippen molar-refractivity contribution in [3.63, 3.8) is 0 Å². The molecule has 0 saturated heterocycles. The molecule has 0 unspecified atom stereocenters. The van der Waals surface area contributed by atoms with Gasteiger partial charge in [-0.15, -0.1) is 0 Å². The van der Waals surface area contributed by atoms with Crippen LogP contribution in [0, 0.1) is 11.8 Å². The Hall–Kier alpha value is -2.94. The van der Waals surface area contributed by atoms with Crippen molar-refractivity contribution < 1.29 is 18.0 Å². The van der Waals surface area contributed by atoms with Gasteiger partial charge < -0.3 is 10.2 Å². The van der Waals surface area contributed by atoms with Gasteiger partial charge in [0.25, 0.3) is 0 Å². The van der Waals surface area contributed by atoms with E-state index < -0.39 is 11.7 Å². The highest BCUT2D eigenvalue weighted by Gasteiger charge is 2.30. The summed E-state index contributed by atoms with van der Waals surface area (Å²) >= 11 is 0. The summed E-state index contributed by atoms with van der Waals surface area (Å²) in [6, 6.07) is 14.2. The second kappa shape index (κ2) is 9.67. The minimum atomic E-state index is -4.40. The van der Waals surface area contributed by atoms with Crippen molar-refractivity contribution in [2.24, 2.45) is 0 Å². The fourth-order valence-corrected chi connectivity index (χ4v) is 2.48. The predicted molar refractivity (Wildman–Crippen MR) is 98.9 cm³/mol. The van der Waals surface area contributed by atoms with E-state index in [0.29, 0.717) is 13.1 Å². The molecule has 0 saturated carbocycles. The van der Waals surface area contributed by atoms with Crippen LogP contribution in [0.3, 0.4) is 0 Å². The van der Waals surface area contributed by atoms with E-state index in [9.17, 15) is 18.0 Å². The number of nitrogens with zero attached hydrogens (tertiary/aromatic N) is 1. The molecule has 2 aromatic carbocycles. The van der Waals surface area contributed by atoms with Gasteiger partial charge in [-0.1, -0.05) is 55.2 Å². The summed E-state index contributed by atoms with van der Waals surface area (Å²) in [5, 5.41) is 2.69. The molecule has 0 atom stereocenters. The van der Waals surface area contributed by atoms with E-state index in [2.05, 4.69) is 17.2 Å². The highest BCUT2D eigenvalue weighted by molar-refractivity contribution is 5.74. The molecule has 2 aromatic rings. The molecule has 0 aliphatic rings. The number of carbonyl (C=O) groups is 1. The van der Waals surface area contributed by atoms with Crippen LogP contribution in [0.1, 0.15) is 30.0 Å². The lowest BCUT2D eigenvalue weighted by atomic mass is 10.1. The predicted octanol–water partition coefficient (Wildman–Crippen LogP) is 4.68. The number of benzene rings is 2. The molecule has 27 heavy (non-hydrogen) atoms. The van der Waals surface area contributed by atoms with Crippen LogP contribution in [0.5, 0.6) is 0 Å².